The van der Waals surface area contributed by atoms with Crippen molar-refractivity contribution in [1.82, 2.24) is 10.6 Å². The Morgan fingerprint density at radius 1 is 1.43 bits per heavy atom. The number of amides is 2. The largest absolute Gasteiger partial charge is 0.357 e. The van der Waals surface area contributed by atoms with Gasteiger partial charge in [0, 0.05) is 13.0 Å². The molecule has 0 aliphatic carbocycles. The summed E-state index contributed by atoms with van der Waals surface area (Å²) < 4.78 is 5.09. The molecule has 5 nitrogen and oxygen atoms in total. The molecule has 80 valence electrons. The number of hydrogen-bond acceptors (Lipinski definition) is 3. The number of nitrogens with one attached hydrogen (secondary N) is 2. The minimum absolute atomic E-state index is 0.0554. The van der Waals surface area contributed by atoms with E-state index < -0.39 is 6.23 Å². The van der Waals surface area contributed by atoms with E-state index in [2.05, 4.69) is 10.6 Å². The van der Waals surface area contributed by atoms with E-state index in [4.69, 9.17) is 4.74 Å². The number of ether oxygens (including phenoxy) is 1. The molecule has 0 saturated carbocycles. The van der Waals surface area contributed by atoms with Gasteiger partial charge in [0.05, 0.1) is 6.61 Å². The van der Waals surface area contributed by atoms with Crippen molar-refractivity contribution < 1.29 is 14.3 Å². The van der Waals surface area contributed by atoms with E-state index in [-0.39, 0.29) is 17.7 Å². The van der Waals surface area contributed by atoms with Crippen LogP contribution in [0.4, 0.5) is 0 Å². The van der Waals surface area contributed by atoms with Crippen LogP contribution in [0.1, 0.15) is 20.3 Å². The van der Waals surface area contributed by atoms with Crippen LogP contribution in [-0.2, 0) is 14.3 Å². The van der Waals surface area contributed by atoms with Gasteiger partial charge in [0.15, 0.2) is 0 Å². The van der Waals surface area contributed by atoms with Crippen molar-refractivity contribution in [1.29, 1.82) is 0 Å². The lowest BCUT2D eigenvalue weighted by atomic mass is 10.0. The predicted molar refractivity (Wildman–Crippen MR) is 50.3 cm³/mol. The molecule has 1 heterocycles. The highest BCUT2D eigenvalue weighted by atomic mass is 16.5. The van der Waals surface area contributed by atoms with Gasteiger partial charge in [0.1, 0.15) is 12.1 Å². The first-order valence-corrected chi connectivity index (χ1v) is 4.87. The van der Waals surface area contributed by atoms with Gasteiger partial charge in [0.25, 0.3) is 0 Å². The maximum absolute atomic E-state index is 11.4. The van der Waals surface area contributed by atoms with E-state index in [1.807, 2.05) is 6.92 Å². The van der Waals surface area contributed by atoms with Gasteiger partial charge < -0.3 is 15.4 Å². The van der Waals surface area contributed by atoms with Crippen molar-refractivity contribution in [3.8, 4) is 0 Å². The van der Waals surface area contributed by atoms with Crippen molar-refractivity contribution >= 4 is 11.8 Å². The third kappa shape index (κ3) is 2.45. The molecular weight excluding hydrogens is 184 g/mol. The lowest BCUT2D eigenvalue weighted by molar-refractivity contribution is -0.166. The van der Waals surface area contributed by atoms with Gasteiger partial charge in [-0.2, -0.15) is 0 Å². The SMILES string of the molecule is CCNC(=O)C1COC1NC(=O)CC. The molecule has 2 atom stereocenters. The monoisotopic (exact) mass is 200 g/mol. The van der Waals surface area contributed by atoms with Crippen LogP contribution in [0.5, 0.6) is 0 Å². The molecule has 1 aliphatic rings. The van der Waals surface area contributed by atoms with E-state index in [9.17, 15) is 9.59 Å². The average Bonchev–Trinajstić information content (AvgIpc) is 2.12. The number of hydrogen-bond donors (Lipinski definition) is 2. The molecule has 2 amide bonds. The third-order valence-electron chi connectivity index (χ3n) is 2.13. The molecule has 5 heteroatoms. The summed E-state index contributed by atoms with van der Waals surface area (Å²) >= 11 is 0. The highest BCUT2D eigenvalue weighted by Gasteiger charge is 2.38. The molecule has 0 radical (unpaired) electrons. The molecule has 1 fully saturated rings. The average molecular weight is 200 g/mol. The van der Waals surface area contributed by atoms with Gasteiger partial charge in [-0.15, -0.1) is 0 Å². The number of carbonyl (C=O) groups is 2. The number of carbonyl (C=O) groups excluding carboxylic acids is 2. The summed E-state index contributed by atoms with van der Waals surface area (Å²) in [6.07, 6.45) is -0.0314. The molecule has 14 heavy (non-hydrogen) atoms. The van der Waals surface area contributed by atoms with Gasteiger partial charge in [-0.25, -0.2) is 0 Å². The molecular formula is C9H16N2O3. The summed E-state index contributed by atoms with van der Waals surface area (Å²) in [5.41, 5.74) is 0. The Bertz CT molecular complexity index is 230. The van der Waals surface area contributed by atoms with Gasteiger partial charge in [-0.1, -0.05) is 6.92 Å². The van der Waals surface area contributed by atoms with E-state index in [1.165, 1.54) is 0 Å². The Morgan fingerprint density at radius 2 is 2.14 bits per heavy atom. The van der Waals surface area contributed by atoms with Gasteiger partial charge >= 0.3 is 0 Å². The second-order valence-electron chi connectivity index (χ2n) is 3.18. The predicted octanol–water partition coefficient (Wildman–Crippen LogP) is -0.379. The van der Waals surface area contributed by atoms with Crippen molar-refractivity contribution in [2.45, 2.75) is 26.5 Å². The topological polar surface area (TPSA) is 67.4 Å². The first kappa shape index (κ1) is 11.0. The van der Waals surface area contributed by atoms with E-state index in [0.29, 0.717) is 19.6 Å². The zero-order chi connectivity index (χ0) is 10.6. The maximum Gasteiger partial charge on any atom is 0.230 e. The molecule has 0 aromatic heterocycles. The van der Waals surface area contributed by atoms with E-state index >= 15 is 0 Å². The van der Waals surface area contributed by atoms with E-state index in [0.717, 1.165) is 0 Å². The first-order chi connectivity index (χ1) is 6.69. The Balaban J connectivity index is 2.34. The molecule has 1 saturated heterocycles. The zero-order valence-electron chi connectivity index (χ0n) is 8.50. The van der Waals surface area contributed by atoms with Crippen LogP contribution in [0, 0.1) is 5.92 Å². The summed E-state index contributed by atoms with van der Waals surface area (Å²) in [5.74, 6) is -0.380. The molecule has 0 bridgehead atoms. The molecule has 0 aromatic rings. The normalized spacial score (nSPS) is 25.0. The standard InChI is InChI=1S/C9H16N2O3/c1-3-7(12)11-9-6(5-14-9)8(13)10-4-2/h6,9H,3-5H2,1-2H3,(H,10,13)(H,11,12). The molecule has 0 spiro atoms. The lowest BCUT2D eigenvalue weighted by Gasteiger charge is -2.35. The Hall–Kier alpha value is -1.10. The summed E-state index contributed by atoms with van der Waals surface area (Å²) in [5, 5.41) is 5.33. The van der Waals surface area contributed by atoms with E-state index in [1.54, 1.807) is 6.92 Å². The molecule has 2 N–H and O–H groups in total. The van der Waals surface area contributed by atoms with Gasteiger partial charge in [-0.3, -0.25) is 9.59 Å². The third-order valence-corrected chi connectivity index (χ3v) is 2.13. The van der Waals surface area contributed by atoms with Crippen molar-refractivity contribution in [3.05, 3.63) is 0 Å². The number of rotatable bonds is 4. The second-order valence-corrected chi connectivity index (χ2v) is 3.18. The van der Waals surface area contributed by atoms with Crippen molar-refractivity contribution in [2.24, 2.45) is 5.92 Å². The fourth-order valence-corrected chi connectivity index (χ4v) is 1.21. The molecule has 1 rings (SSSR count). The van der Waals surface area contributed by atoms with Crippen LogP contribution in [0.3, 0.4) is 0 Å². The second kappa shape index (κ2) is 4.95. The quantitative estimate of drug-likeness (QED) is 0.650. The van der Waals surface area contributed by atoms with Crippen LogP contribution >= 0.6 is 0 Å². The summed E-state index contributed by atoms with van der Waals surface area (Å²) in [7, 11) is 0. The minimum atomic E-state index is -0.436. The first-order valence-electron chi connectivity index (χ1n) is 4.87. The lowest BCUT2D eigenvalue weighted by Crippen LogP contribution is -2.57. The summed E-state index contributed by atoms with van der Waals surface area (Å²) in [6.45, 7) is 4.61. The fourth-order valence-electron chi connectivity index (χ4n) is 1.21. The minimum Gasteiger partial charge on any atom is -0.357 e. The van der Waals surface area contributed by atoms with Crippen LogP contribution in [-0.4, -0.2) is 31.2 Å². The Labute approximate surface area is 83.2 Å². The van der Waals surface area contributed by atoms with Crippen LogP contribution in [0.2, 0.25) is 0 Å². The van der Waals surface area contributed by atoms with Crippen LogP contribution in [0.15, 0.2) is 0 Å². The summed E-state index contributed by atoms with van der Waals surface area (Å²) in [4.78, 5) is 22.4. The smallest absolute Gasteiger partial charge is 0.230 e. The zero-order valence-corrected chi connectivity index (χ0v) is 8.50. The van der Waals surface area contributed by atoms with Gasteiger partial charge in [0.2, 0.25) is 11.8 Å². The highest BCUT2D eigenvalue weighted by molar-refractivity contribution is 5.82. The highest BCUT2D eigenvalue weighted by Crippen LogP contribution is 2.18. The van der Waals surface area contributed by atoms with Crippen LogP contribution < -0.4 is 10.6 Å². The van der Waals surface area contributed by atoms with Crippen molar-refractivity contribution in [2.75, 3.05) is 13.2 Å². The summed E-state index contributed by atoms with van der Waals surface area (Å²) in [6, 6.07) is 0. The molecule has 1 aliphatic heterocycles. The Kier molecular flexibility index (Phi) is 3.88. The molecule has 2 unspecified atom stereocenters. The van der Waals surface area contributed by atoms with Crippen molar-refractivity contribution in [3.63, 3.8) is 0 Å². The van der Waals surface area contributed by atoms with Gasteiger partial charge in [-0.05, 0) is 6.92 Å². The Morgan fingerprint density at radius 3 is 2.57 bits per heavy atom. The fraction of sp³-hybridized carbons (Fsp3) is 0.778. The molecule has 0 aromatic carbocycles. The van der Waals surface area contributed by atoms with Crippen LogP contribution in [0.25, 0.3) is 0 Å². The maximum atomic E-state index is 11.4.